The molecule has 2 nitrogen and oxygen atoms in total. The second-order valence-corrected chi connectivity index (χ2v) is 5.82. The predicted octanol–water partition coefficient (Wildman–Crippen LogP) is 2.83. The lowest BCUT2D eigenvalue weighted by molar-refractivity contribution is -0.133. The van der Waals surface area contributed by atoms with E-state index in [-0.39, 0.29) is 11.7 Å². The molecule has 0 bridgehead atoms. The summed E-state index contributed by atoms with van der Waals surface area (Å²) in [7, 11) is 0. The van der Waals surface area contributed by atoms with E-state index in [1.54, 1.807) is 0 Å². The molecule has 2 fully saturated rings. The maximum Gasteiger partial charge on any atom is 0.131 e. The Bertz CT molecular complexity index is 456. The Hall–Kier alpha value is -1.30. The van der Waals surface area contributed by atoms with Crippen LogP contribution in [0.3, 0.4) is 0 Å². The quantitative estimate of drug-likeness (QED) is 0.753. The van der Waals surface area contributed by atoms with E-state index in [1.807, 2.05) is 0 Å². The SMILES string of the molecule is C#C[C@H]1CN(Cc2ccccc2)CC2(CCCC2)O1. The maximum absolute atomic E-state index is 6.17. The van der Waals surface area contributed by atoms with Crippen molar-refractivity contribution >= 4 is 0 Å². The van der Waals surface area contributed by atoms with Crippen LogP contribution in [0.1, 0.15) is 31.2 Å². The zero-order valence-electron chi connectivity index (χ0n) is 11.3. The molecule has 1 saturated heterocycles. The summed E-state index contributed by atoms with van der Waals surface area (Å²) in [6.45, 7) is 2.86. The van der Waals surface area contributed by atoms with Gasteiger partial charge in [-0.25, -0.2) is 0 Å². The van der Waals surface area contributed by atoms with Gasteiger partial charge in [0.1, 0.15) is 6.10 Å². The number of hydrogen-bond acceptors (Lipinski definition) is 2. The van der Waals surface area contributed by atoms with E-state index >= 15 is 0 Å². The van der Waals surface area contributed by atoms with Crippen LogP contribution in [0.5, 0.6) is 0 Å². The zero-order valence-corrected chi connectivity index (χ0v) is 11.3. The van der Waals surface area contributed by atoms with Gasteiger partial charge in [0.2, 0.25) is 0 Å². The summed E-state index contributed by atoms with van der Waals surface area (Å²) in [6, 6.07) is 10.6. The smallest absolute Gasteiger partial charge is 0.131 e. The van der Waals surface area contributed by atoms with E-state index in [1.165, 1.54) is 18.4 Å². The molecule has 0 aromatic heterocycles. The highest BCUT2D eigenvalue weighted by atomic mass is 16.5. The van der Waals surface area contributed by atoms with Crippen LogP contribution < -0.4 is 0 Å². The van der Waals surface area contributed by atoms with Crippen LogP contribution in [0.15, 0.2) is 30.3 Å². The molecule has 19 heavy (non-hydrogen) atoms. The van der Waals surface area contributed by atoms with Crippen LogP contribution in [0.2, 0.25) is 0 Å². The van der Waals surface area contributed by atoms with Crippen LogP contribution in [0, 0.1) is 12.3 Å². The summed E-state index contributed by atoms with van der Waals surface area (Å²) < 4.78 is 6.17. The lowest BCUT2D eigenvalue weighted by atomic mass is 9.97. The Morgan fingerprint density at radius 2 is 2.00 bits per heavy atom. The Labute approximate surface area is 115 Å². The van der Waals surface area contributed by atoms with Crippen molar-refractivity contribution < 1.29 is 4.74 Å². The van der Waals surface area contributed by atoms with Gasteiger partial charge in [-0.1, -0.05) is 49.1 Å². The third kappa shape index (κ3) is 2.83. The summed E-state index contributed by atoms with van der Waals surface area (Å²) in [6.07, 6.45) is 10.4. The molecule has 0 radical (unpaired) electrons. The number of nitrogens with zero attached hydrogens (tertiary/aromatic N) is 1. The highest BCUT2D eigenvalue weighted by Crippen LogP contribution is 2.37. The largest absolute Gasteiger partial charge is 0.356 e. The van der Waals surface area contributed by atoms with Crippen LogP contribution in [-0.2, 0) is 11.3 Å². The lowest BCUT2D eigenvalue weighted by Gasteiger charge is -2.43. The number of morpholine rings is 1. The average Bonchev–Trinajstić information content (AvgIpc) is 2.87. The molecule has 1 atom stereocenters. The van der Waals surface area contributed by atoms with Crippen molar-refractivity contribution in [3.05, 3.63) is 35.9 Å². The second-order valence-electron chi connectivity index (χ2n) is 5.82. The summed E-state index contributed by atoms with van der Waals surface area (Å²) >= 11 is 0. The van der Waals surface area contributed by atoms with Gasteiger partial charge in [-0.15, -0.1) is 6.42 Å². The van der Waals surface area contributed by atoms with Gasteiger partial charge in [0.25, 0.3) is 0 Å². The molecule has 1 aliphatic heterocycles. The molecule has 0 unspecified atom stereocenters. The van der Waals surface area contributed by atoms with Gasteiger partial charge in [0, 0.05) is 19.6 Å². The van der Waals surface area contributed by atoms with Crippen LogP contribution >= 0.6 is 0 Å². The van der Waals surface area contributed by atoms with Crippen molar-refractivity contribution in [2.45, 2.75) is 43.9 Å². The fourth-order valence-electron chi connectivity index (χ4n) is 3.43. The van der Waals surface area contributed by atoms with E-state index in [9.17, 15) is 0 Å². The first-order chi connectivity index (χ1) is 9.30. The Morgan fingerprint density at radius 3 is 2.68 bits per heavy atom. The number of hydrogen-bond donors (Lipinski definition) is 0. The van der Waals surface area contributed by atoms with Crippen LogP contribution in [0.25, 0.3) is 0 Å². The molecule has 2 heteroatoms. The van der Waals surface area contributed by atoms with Crippen molar-refractivity contribution in [2.75, 3.05) is 13.1 Å². The molecule has 1 heterocycles. The standard InChI is InChI=1S/C17H21NO/c1-2-16-13-18(12-15-8-4-3-5-9-15)14-17(19-16)10-6-7-11-17/h1,3-5,8-9,16H,6-7,10-14H2/t16-/m0/s1. The molecule has 1 saturated carbocycles. The number of benzene rings is 1. The predicted molar refractivity (Wildman–Crippen MR) is 76.6 cm³/mol. The molecule has 0 amide bonds. The molecule has 1 aromatic rings. The van der Waals surface area contributed by atoms with Gasteiger partial charge in [0.15, 0.2) is 0 Å². The van der Waals surface area contributed by atoms with Crippen LogP contribution in [0.4, 0.5) is 0 Å². The van der Waals surface area contributed by atoms with Crippen molar-refractivity contribution in [1.29, 1.82) is 0 Å². The topological polar surface area (TPSA) is 12.5 Å². The Kier molecular flexibility index (Phi) is 3.59. The Morgan fingerprint density at radius 1 is 1.26 bits per heavy atom. The summed E-state index contributed by atoms with van der Waals surface area (Å²) in [4.78, 5) is 2.47. The van der Waals surface area contributed by atoms with E-state index in [0.29, 0.717) is 0 Å². The molecule has 1 aromatic carbocycles. The third-order valence-electron chi connectivity index (χ3n) is 4.28. The van der Waals surface area contributed by atoms with Gasteiger partial charge >= 0.3 is 0 Å². The highest BCUT2D eigenvalue weighted by molar-refractivity contribution is 5.15. The van der Waals surface area contributed by atoms with Crippen molar-refractivity contribution in [3.8, 4) is 12.3 Å². The first-order valence-electron chi connectivity index (χ1n) is 7.20. The monoisotopic (exact) mass is 255 g/mol. The molecule has 3 rings (SSSR count). The number of terminal acetylenes is 1. The molecule has 2 aliphatic rings. The number of rotatable bonds is 2. The molecule has 1 aliphatic carbocycles. The number of ether oxygens (including phenoxy) is 1. The van der Waals surface area contributed by atoms with Crippen molar-refractivity contribution in [2.24, 2.45) is 0 Å². The van der Waals surface area contributed by atoms with E-state index in [0.717, 1.165) is 32.5 Å². The first-order valence-corrected chi connectivity index (χ1v) is 7.20. The molecular weight excluding hydrogens is 234 g/mol. The van der Waals surface area contributed by atoms with E-state index in [4.69, 9.17) is 11.2 Å². The van der Waals surface area contributed by atoms with Gasteiger partial charge in [-0.3, -0.25) is 4.90 Å². The van der Waals surface area contributed by atoms with Crippen LogP contribution in [-0.4, -0.2) is 29.7 Å². The Balaban J connectivity index is 1.72. The summed E-state index contributed by atoms with van der Waals surface area (Å²) in [5.74, 6) is 2.81. The van der Waals surface area contributed by atoms with Crippen molar-refractivity contribution in [3.63, 3.8) is 0 Å². The normalized spacial score (nSPS) is 26.4. The third-order valence-corrected chi connectivity index (χ3v) is 4.28. The lowest BCUT2D eigenvalue weighted by Crippen LogP contribution is -2.53. The molecular formula is C17H21NO. The molecule has 100 valence electrons. The summed E-state index contributed by atoms with van der Waals surface area (Å²) in [5.41, 5.74) is 1.39. The highest BCUT2D eigenvalue weighted by Gasteiger charge is 2.42. The minimum atomic E-state index is -0.0458. The minimum Gasteiger partial charge on any atom is -0.356 e. The zero-order chi connectivity index (χ0) is 13.1. The van der Waals surface area contributed by atoms with E-state index in [2.05, 4.69) is 41.2 Å². The van der Waals surface area contributed by atoms with Gasteiger partial charge in [0.05, 0.1) is 5.60 Å². The van der Waals surface area contributed by atoms with Gasteiger partial charge in [-0.2, -0.15) is 0 Å². The fraction of sp³-hybridized carbons (Fsp3) is 0.529. The minimum absolute atomic E-state index is 0.0318. The maximum atomic E-state index is 6.17. The van der Waals surface area contributed by atoms with Crippen molar-refractivity contribution in [1.82, 2.24) is 4.90 Å². The van der Waals surface area contributed by atoms with Gasteiger partial charge < -0.3 is 4.74 Å². The molecule has 1 spiro atoms. The second kappa shape index (κ2) is 5.36. The fourth-order valence-corrected chi connectivity index (χ4v) is 3.43. The summed E-state index contributed by atoms with van der Waals surface area (Å²) in [5, 5.41) is 0. The molecule has 0 N–H and O–H groups in total. The average molecular weight is 255 g/mol. The van der Waals surface area contributed by atoms with Gasteiger partial charge in [-0.05, 0) is 18.4 Å². The first kappa shape index (κ1) is 12.7. The van der Waals surface area contributed by atoms with E-state index < -0.39 is 0 Å².